The van der Waals surface area contributed by atoms with Crippen molar-refractivity contribution in [2.75, 3.05) is 26.8 Å². The fraction of sp³-hybridized carbons (Fsp3) is 0.636. The molecule has 5 nitrogen and oxygen atoms in total. The molecule has 0 aromatic heterocycles. The van der Waals surface area contributed by atoms with E-state index in [4.69, 9.17) is 4.74 Å². The summed E-state index contributed by atoms with van der Waals surface area (Å²) in [4.78, 5) is 28.6. The fourth-order valence-electron chi connectivity index (χ4n) is 4.76. The first kappa shape index (κ1) is 19.9. The molecule has 0 bridgehead atoms. The van der Waals surface area contributed by atoms with E-state index in [2.05, 4.69) is 19.2 Å². The number of nitrogens with one attached hydrogen (secondary N) is 1. The maximum atomic E-state index is 13.3. The highest BCUT2D eigenvalue weighted by Crippen LogP contribution is 2.50. The van der Waals surface area contributed by atoms with Gasteiger partial charge in [0.1, 0.15) is 0 Å². The third kappa shape index (κ3) is 3.75. The highest BCUT2D eigenvalue weighted by Gasteiger charge is 2.55. The molecule has 5 heteroatoms. The Morgan fingerprint density at radius 3 is 2.67 bits per heavy atom. The highest BCUT2D eigenvalue weighted by molar-refractivity contribution is 6.02. The van der Waals surface area contributed by atoms with Gasteiger partial charge in [0.05, 0.1) is 18.1 Å². The molecule has 1 spiro atoms. The number of amides is 2. The molecule has 0 saturated heterocycles. The zero-order valence-electron chi connectivity index (χ0n) is 16.8. The molecule has 1 fully saturated rings. The molecule has 3 rings (SSSR count). The molecule has 2 amide bonds. The third-order valence-electron chi connectivity index (χ3n) is 6.09. The lowest BCUT2D eigenvalue weighted by Gasteiger charge is -2.50. The molecule has 0 unspecified atom stereocenters. The highest BCUT2D eigenvalue weighted by atomic mass is 16.5. The summed E-state index contributed by atoms with van der Waals surface area (Å²) in [5, 5.41) is 3.16. The molecule has 1 aliphatic carbocycles. The SMILES string of the molecule is COCCN1C(=O)c2ccccc2[C@H](C(=O)NCCC(C)C)C12CCCC2. The molecule has 1 aliphatic heterocycles. The number of hydrogen-bond donors (Lipinski definition) is 1. The number of benzene rings is 1. The zero-order valence-corrected chi connectivity index (χ0v) is 16.8. The molecule has 1 atom stereocenters. The third-order valence-corrected chi connectivity index (χ3v) is 6.09. The van der Waals surface area contributed by atoms with Crippen LogP contribution in [0.15, 0.2) is 24.3 Å². The van der Waals surface area contributed by atoms with Crippen molar-refractivity contribution in [2.24, 2.45) is 5.92 Å². The second-order valence-electron chi connectivity index (χ2n) is 8.25. The van der Waals surface area contributed by atoms with Crippen LogP contribution in [0.25, 0.3) is 0 Å². The minimum absolute atomic E-state index is 0.0378. The molecule has 1 aromatic carbocycles. The van der Waals surface area contributed by atoms with E-state index in [1.54, 1.807) is 7.11 Å². The van der Waals surface area contributed by atoms with Crippen LogP contribution in [0.2, 0.25) is 0 Å². The van der Waals surface area contributed by atoms with Crippen molar-refractivity contribution in [3.8, 4) is 0 Å². The number of carbonyl (C=O) groups is 2. The molecule has 1 aromatic rings. The van der Waals surface area contributed by atoms with Crippen LogP contribution in [0, 0.1) is 5.92 Å². The van der Waals surface area contributed by atoms with Crippen molar-refractivity contribution in [3.05, 3.63) is 35.4 Å². The summed E-state index contributed by atoms with van der Waals surface area (Å²) >= 11 is 0. The van der Waals surface area contributed by atoms with E-state index >= 15 is 0 Å². The Morgan fingerprint density at radius 2 is 2.00 bits per heavy atom. The van der Waals surface area contributed by atoms with Gasteiger partial charge in [-0.25, -0.2) is 0 Å². The van der Waals surface area contributed by atoms with E-state index in [1.165, 1.54) is 0 Å². The van der Waals surface area contributed by atoms with Crippen LogP contribution >= 0.6 is 0 Å². The summed E-state index contributed by atoms with van der Waals surface area (Å²) in [7, 11) is 1.65. The number of methoxy groups -OCH3 is 1. The monoisotopic (exact) mass is 372 g/mol. The van der Waals surface area contributed by atoms with Gasteiger partial charge in [-0.15, -0.1) is 0 Å². The Labute approximate surface area is 162 Å². The van der Waals surface area contributed by atoms with E-state index in [0.29, 0.717) is 31.2 Å². The maximum Gasteiger partial charge on any atom is 0.254 e. The van der Waals surface area contributed by atoms with E-state index in [0.717, 1.165) is 37.7 Å². The fourth-order valence-corrected chi connectivity index (χ4v) is 4.76. The van der Waals surface area contributed by atoms with E-state index in [-0.39, 0.29) is 17.7 Å². The number of nitrogens with zero attached hydrogens (tertiary/aromatic N) is 1. The summed E-state index contributed by atoms with van der Waals surface area (Å²) in [6.07, 6.45) is 4.81. The number of fused-ring (bicyclic) bond motifs is 1. The van der Waals surface area contributed by atoms with Gasteiger partial charge in [0.2, 0.25) is 5.91 Å². The molecule has 1 saturated carbocycles. The minimum Gasteiger partial charge on any atom is -0.383 e. The lowest BCUT2D eigenvalue weighted by Crippen LogP contribution is -2.61. The van der Waals surface area contributed by atoms with Crippen molar-refractivity contribution in [2.45, 2.75) is 57.4 Å². The number of rotatable bonds is 7. The lowest BCUT2D eigenvalue weighted by molar-refractivity contribution is -0.126. The van der Waals surface area contributed by atoms with E-state index in [9.17, 15) is 9.59 Å². The molecule has 1 N–H and O–H groups in total. The van der Waals surface area contributed by atoms with Crippen molar-refractivity contribution in [3.63, 3.8) is 0 Å². The van der Waals surface area contributed by atoms with Gasteiger partial charge in [0, 0.05) is 25.8 Å². The predicted octanol–water partition coefficient (Wildman–Crippen LogP) is 3.35. The second kappa shape index (κ2) is 8.42. The molecular formula is C22H32N2O3. The van der Waals surface area contributed by atoms with Crippen LogP contribution in [-0.2, 0) is 9.53 Å². The normalized spacial score (nSPS) is 21.0. The van der Waals surface area contributed by atoms with Gasteiger partial charge >= 0.3 is 0 Å². The molecular weight excluding hydrogens is 340 g/mol. The van der Waals surface area contributed by atoms with Gasteiger partial charge in [0.25, 0.3) is 5.91 Å². The van der Waals surface area contributed by atoms with Gasteiger partial charge in [-0.05, 0) is 36.8 Å². The molecule has 27 heavy (non-hydrogen) atoms. The van der Waals surface area contributed by atoms with Crippen molar-refractivity contribution in [1.82, 2.24) is 10.2 Å². The number of carbonyl (C=O) groups excluding carboxylic acids is 2. The van der Waals surface area contributed by atoms with Gasteiger partial charge in [-0.2, -0.15) is 0 Å². The van der Waals surface area contributed by atoms with Crippen LogP contribution in [-0.4, -0.2) is 49.1 Å². The second-order valence-corrected chi connectivity index (χ2v) is 8.25. The summed E-state index contributed by atoms with van der Waals surface area (Å²) < 4.78 is 5.28. The Bertz CT molecular complexity index is 680. The summed E-state index contributed by atoms with van der Waals surface area (Å²) in [5.74, 6) is 0.331. The van der Waals surface area contributed by atoms with Gasteiger partial charge in [-0.1, -0.05) is 44.9 Å². The predicted molar refractivity (Wildman–Crippen MR) is 106 cm³/mol. The van der Waals surface area contributed by atoms with Crippen molar-refractivity contribution in [1.29, 1.82) is 0 Å². The Balaban J connectivity index is 1.99. The first-order valence-electron chi connectivity index (χ1n) is 10.2. The van der Waals surface area contributed by atoms with E-state index in [1.807, 2.05) is 29.2 Å². The summed E-state index contributed by atoms with van der Waals surface area (Å²) in [6, 6.07) is 7.64. The van der Waals surface area contributed by atoms with Gasteiger partial charge in [0.15, 0.2) is 0 Å². The zero-order chi connectivity index (χ0) is 19.4. The first-order chi connectivity index (χ1) is 13.0. The molecule has 148 valence electrons. The Morgan fingerprint density at radius 1 is 1.30 bits per heavy atom. The van der Waals surface area contributed by atoms with Crippen LogP contribution in [0.1, 0.15) is 67.8 Å². The summed E-state index contributed by atoms with van der Waals surface area (Å²) in [6.45, 7) is 6.01. The smallest absolute Gasteiger partial charge is 0.254 e. The first-order valence-corrected chi connectivity index (χ1v) is 10.2. The summed E-state index contributed by atoms with van der Waals surface area (Å²) in [5.41, 5.74) is 1.13. The largest absolute Gasteiger partial charge is 0.383 e. The van der Waals surface area contributed by atoms with Crippen LogP contribution in [0.5, 0.6) is 0 Å². The van der Waals surface area contributed by atoms with Crippen LogP contribution < -0.4 is 5.32 Å². The van der Waals surface area contributed by atoms with E-state index < -0.39 is 5.54 Å². The number of ether oxygens (including phenoxy) is 1. The number of hydrogen-bond acceptors (Lipinski definition) is 3. The van der Waals surface area contributed by atoms with Crippen LogP contribution in [0.4, 0.5) is 0 Å². The van der Waals surface area contributed by atoms with Crippen molar-refractivity contribution < 1.29 is 14.3 Å². The standard InChI is InChI=1S/C22H32N2O3/c1-16(2)10-13-23-20(25)19-17-8-4-5-9-18(17)21(26)24(14-15-27-3)22(19)11-6-7-12-22/h4-5,8-9,16,19H,6-7,10-15H2,1-3H3,(H,23,25)/t19-/m1/s1. The molecule has 1 heterocycles. The Hall–Kier alpha value is -1.88. The Kier molecular flexibility index (Phi) is 6.20. The average molecular weight is 373 g/mol. The lowest BCUT2D eigenvalue weighted by atomic mass is 9.71. The maximum absolute atomic E-state index is 13.3. The van der Waals surface area contributed by atoms with Gasteiger partial charge < -0.3 is 15.0 Å². The topological polar surface area (TPSA) is 58.6 Å². The van der Waals surface area contributed by atoms with Gasteiger partial charge in [-0.3, -0.25) is 9.59 Å². The van der Waals surface area contributed by atoms with Crippen LogP contribution in [0.3, 0.4) is 0 Å². The molecule has 2 aliphatic rings. The minimum atomic E-state index is -0.425. The van der Waals surface area contributed by atoms with Crippen molar-refractivity contribution >= 4 is 11.8 Å². The molecule has 0 radical (unpaired) electrons. The quantitative estimate of drug-likeness (QED) is 0.798. The average Bonchev–Trinajstić information content (AvgIpc) is 3.11.